The minimum Gasteiger partial charge on any atom is -0.462 e. The van der Waals surface area contributed by atoms with E-state index < -0.39 is 17.5 Å². The molecule has 34 heavy (non-hydrogen) atoms. The quantitative estimate of drug-likeness (QED) is 0.345. The van der Waals surface area contributed by atoms with E-state index in [4.69, 9.17) is 19.2 Å². The summed E-state index contributed by atoms with van der Waals surface area (Å²) in [6.07, 6.45) is 5.20. The molecule has 6 nitrogen and oxygen atoms in total. The number of hydrogen-bond donors (Lipinski definition) is 0. The third kappa shape index (κ3) is 4.63. The number of nitrogens with zero attached hydrogens (tertiary/aromatic N) is 1. The van der Waals surface area contributed by atoms with Gasteiger partial charge in [0.05, 0.1) is 24.6 Å². The molecule has 2 aromatic carbocycles. The Balaban J connectivity index is 1.93. The van der Waals surface area contributed by atoms with Gasteiger partial charge in [0.1, 0.15) is 11.1 Å². The number of halogens is 1. The smallest absolute Gasteiger partial charge is 0.344 e. The maximum Gasteiger partial charge on any atom is 0.344 e. The lowest BCUT2D eigenvalue weighted by atomic mass is 9.85. The molecule has 0 radical (unpaired) electrons. The monoisotopic (exact) mass is 527 g/mol. The Bertz CT molecular complexity index is 1130. The molecule has 7 heteroatoms. The first kappa shape index (κ1) is 24.5. The van der Waals surface area contributed by atoms with Crippen molar-refractivity contribution in [3.63, 3.8) is 0 Å². The van der Waals surface area contributed by atoms with E-state index in [9.17, 15) is 9.59 Å². The molecule has 1 aliphatic heterocycles. The van der Waals surface area contributed by atoms with E-state index in [0.717, 1.165) is 42.0 Å². The fourth-order valence-corrected chi connectivity index (χ4v) is 5.44. The van der Waals surface area contributed by atoms with Crippen LogP contribution in [-0.2, 0) is 29.4 Å². The lowest BCUT2D eigenvalue weighted by Crippen LogP contribution is -2.35. The number of benzene rings is 2. The molecule has 1 heterocycles. The summed E-state index contributed by atoms with van der Waals surface area (Å²) in [4.78, 5) is 31.4. The van der Waals surface area contributed by atoms with Crippen molar-refractivity contribution in [3.8, 4) is 0 Å². The van der Waals surface area contributed by atoms with Gasteiger partial charge in [0, 0.05) is 5.56 Å². The summed E-state index contributed by atoms with van der Waals surface area (Å²) in [5.41, 5.74) is -0.332. The van der Waals surface area contributed by atoms with Gasteiger partial charge in [-0.05, 0) is 43.5 Å². The predicted molar refractivity (Wildman–Crippen MR) is 135 cm³/mol. The van der Waals surface area contributed by atoms with Crippen molar-refractivity contribution >= 4 is 44.5 Å². The van der Waals surface area contributed by atoms with Crippen molar-refractivity contribution in [1.29, 1.82) is 0 Å². The van der Waals surface area contributed by atoms with Gasteiger partial charge in [0.15, 0.2) is 5.60 Å². The zero-order valence-corrected chi connectivity index (χ0v) is 21.2. The highest BCUT2D eigenvalue weighted by atomic mass is 79.9. The van der Waals surface area contributed by atoms with Gasteiger partial charge < -0.3 is 14.2 Å². The minimum atomic E-state index is -1.27. The Morgan fingerprint density at radius 3 is 2.35 bits per heavy atom. The molecule has 0 saturated heterocycles. The van der Waals surface area contributed by atoms with Crippen LogP contribution in [0.25, 0.3) is 10.8 Å². The van der Waals surface area contributed by atoms with E-state index in [-0.39, 0.29) is 41.6 Å². The van der Waals surface area contributed by atoms with Crippen LogP contribution < -0.4 is 0 Å². The first-order valence-corrected chi connectivity index (χ1v) is 13.1. The van der Waals surface area contributed by atoms with E-state index in [0.29, 0.717) is 0 Å². The normalized spacial score (nSPS) is 22.1. The highest BCUT2D eigenvalue weighted by Crippen LogP contribution is 2.45. The van der Waals surface area contributed by atoms with E-state index in [1.165, 1.54) is 6.42 Å². The predicted octanol–water partition coefficient (Wildman–Crippen LogP) is 5.61. The summed E-state index contributed by atoms with van der Waals surface area (Å²) in [5.74, 6) is -1.06. The standard InChI is InChI=1S/C27H30BrNO5/c1-3-32-25(30)22-23(26(31)33-4-2)27(17-28,34-24(22)29-21-12-6-5-7-13-21)20-15-14-18-10-8-9-11-19(18)16-20/h8-11,14-16,21H,3-7,12-13,17H2,1-2H3. The molecule has 2 aromatic rings. The molecule has 2 aliphatic rings. The van der Waals surface area contributed by atoms with Crippen LogP contribution in [0.2, 0.25) is 0 Å². The van der Waals surface area contributed by atoms with Gasteiger partial charge >= 0.3 is 11.9 Å². The SMILES string of the molecule is CCOC(=O)C1=C(C(=O)OCC)C(CBr)(c2ccc3ccccc3c2)OC1=NC1CCCCC1. The van der Waals surface area contributed by atoms with E-state index >= 15 is 0 Å². The van der Waals surface area contributed by atoms with Crippen molar-refractivity contribution in [3.05, 3.63) is 59.2 Å². The molecule has 180 valence electrons. The Kier molecular flexibility index (Phi) is 7.71. The van der Waals surface area contributed by atoms with Gasteiger partial charge in [0.2, 0.25) is 5.90 Å². The van der Waals surface area contributed by atoms with Gasteiger partial charge in [-0.1, -0.05) is 71.6 Å². The van der Waals surface area contributed by atoms with Crippen LogP contribution in [0.15, 0.2) is 58.6 Å². The molecule has 0 N–H and O–H groups in total. The zero-order chi connectivity index (χ0) is 24.1. The minimum absolute atomic E-state index is 0.0411. The fraction of sp³-hybridized carbons (Fsp3) is 0.444. The molecule has 1 aliphatic carbocycles. The zero-order valence-electron chi connectivity index (χ0n) is 19.6. The van der Waals surface area contributed by atoms with Crippen molar-refractivity contribution < 1.29 is 23.8 Å². The van der Waals surface area contributed by atoms with Gasteiger partial charge in [0.25, 0.3) is 0 Å². The second kappa shape index (κ2) is 10.7. The molecular formula is C27H30BrNO5. The van der Waals surface area contributed by atoms with Gasteiger partial charge in [-0.25, -0.2) is 14.6 Å². The maximum absolute atomic E-state index is 13.4. The Morgan fingerprint density at radius 2 is 1.68 bits per heavy atom. The van der Waals surface area contributed by atoms with Gasteiger partial charge in [-0.2, -0.15) is 0 Å². The molecule has 0 aromatic heterocycles. The number of carbonyl (C=O) groups excluding carboxylic acids is 2. The van der Waals surface area contributed by atoms with Crippen LogP contribution in [0, 0.1) is 0 Å². The third-order valence-electron chi connectivity index (χ3n) is 6.38. The molecule has 1 atom stereocenters. The number of aliphatic imine (C=N–C) groups is 1. The second-order valence-corrected chi connectivity index (χ2v) is 9.10. The second-order valence-electron chi connectivity index (χ2n) is 8.54. The highest BCUT2D eigenvalue weighted by Gasteiger charge is 2.54. The molecule has 4 rings (SSSR count). The summed E-state index contributed by atoms with van der Waals surface area (Å²) >= 11 is 3.59. The molecule has 0 spiro atoms. The van der Waals surface area contributed by atoms with Crippen LogP contribution >= 0.6 is 15.9 Å². The van der Waals surface area contributed by atoms with Crippen LogP contribution in [-0.4, -0.2) is 42.4 Å². The first-order chi connectivity index (χ1) is 16.5. The summed E-state index contributed by atoms with van der Waals surface area (Å²) in [6, 6.07) is 13.9. The summed E-state index contributed by atoms with van der Waals surface area (Å²) in [5, 5.41) is 2.30. The molecule has 1 saturated carbocycles. The van der Waals surface area contributed by atoms with Crippen LogP contribution in [0.4, 0.5) is 0 Å². The highest BCUT2D eigenvalue weighted by molar-refractivity contribution is 9.09. The van der Waals surface area contributed by atoms with Gasteiger partial charge in [-0.3, -0.25) is 0 Å². The van der Waals surface area contributed by atoms with Crippen LogP contribution in [0.3, 0.4) is 0 Å². The van der Waals surface area contributed by atoms with Gasteiger partial charge in [-0.15, -0.1) is 0 Å². The number of carbonyl (C=O) groups is 2. The lowest BCUT2D eigenvalue weighted by molar-refractivity contribution is -0.142. The Hall–Kier alpha value is -2.67. The molecular weight excluding hydrogens is 498 g/mol. The average molecular weight is 528 g/mol. The average Bonchev–Trinajstić information content (AvgIpc) is 3.20. The summed E-state index contributed by atoms with van der Waals surface area (Å²) in [6.45, 7) is 3.81. The van der Waals surface area contributed by atoms with Crippen molar-refractivity contribution in [1.82, 2.24) is 0 Å². The van der Waals surface area contributed by atoms with Crippen molar-refractivity contribution in [2.24, 2.45) is 4.99 Å². The Labute approximate surface area is 208 Å². The van der Waals surface area contributed by atoms with E-state index in [1.807, 2.05) is 42.5 Å². The lowest BCUT2D eigenvalue weighted by Gasteiger charge is -2.30. The number of esters is 2. The molecule has 1 unspecified atom stereocenters. The van der Waals surface area contributed by atoms with E-state index in [1.54, 1.807) is 13.8 Å². The maximum atomic E-state index is 13.4. The molecule has 0 bridgehead atoms. The largest absolute Gasteiger partial charge is 0.462 e. The summed E-state index contributed by atoms with van der Waals surface area (Å²) in [7, 11) is 0. The number of rotatable bonds is 7. The molecule has 1 fully saturated rings. The van der Waals surface area contributed by atoms with Crippen molar-refractivity contribution in [2.75, 3.05) is 18.5 Å². The third-order valence-corrected chi connectivity index (χ3v) is 7.17. The van der Waals surface area contributed by atoms with E-state index in [2.05, 4.69) is 15.9 Å². The van der Waals surface area contributed by atoms with Crippen LogP contribution in [0.5, 0.6) is 0 Å². The summed E-state index contributed by atoms with van der Waals surface area (Å²) < 4.78 is 17.3. The number of ether oxygens (including phenoxy) is 3. The fourth-order valence-electron chi connectivity index (χ4n) is 4.72. The van der Waals surface area contributed by atoms with Crippen molar-refractivity contribution in [2.45, 2.75) is 57.6 Å². The van der Waals surface area contributed by atoms with Crippen LogP contribution in [0.1, 0.15) is 51.5 Å². The topological polar surface area (TPSA) is 74.2 Å². The number of hydrogen-bond acceptors (Lipinski definition) is 6. The first-order valence-electron chi connectivity index (χ1n) is 12.0. The number of fused-ring (bicyclic) bond motifs is 1. The molecule has 0 amide bonds. The number of alkyl halides is 1. The Morgan fingerprint density at radius 1 is 1.00 bits per heavy atom.